The Labute approximate surface area is 87.5 Å². The molecule has 0 spiro atoms. The maximum Gasteiger partial charge on any atom is 1.00 e. The minimum Gasteiger partial charge on any atom is -0.737 e. The van der Waals surface area contributed by atoms with Crippen LogP contribution in [-0.4, -0.2) is 10.1 Å². The number of aromatic nitrogens is 2. The predicted molar refractivity (Wildman–Crippen MR) is 25.6 cm³/mol. The van der Waals surface area contributed by atoms with E-state index in [1.54, 1.807) is 0 Å². The van der Waals surface area contributed by atoms with Crippen LogP contribution < -0.4 is 37.7 Å². The van der Waals surface area contributed by atoms with Crippen molar-refractivity contribution in [3.63, 3.8) is 0 Å². The molecule has 0 N–H and O–H groups in total. The van der Waals surface area contributed by atoms with Crippen LogP contribution in [0, 0.1) is 0 Å². The van der Waals surface area contributed by atoms with Gasteiger partial charge in [-0.2, -0.15) is 0 Å². The maximum atomic E-state index is 4.45. The molecule has 0 saturated carbocycles. The molecule has 0 bridgehead atoms. The summed E-state index contributed by atoms with van der Waals surface area (Å²) >= 11 is 8.88. The van der Waals surface area contributed by atoms with Crippen molar-refractivity contribution >= 4 is 25.3 Å². The Kier molecular flexibility index (Phi) is 7.68. The average Bonchev–Trinajstić information content (AvgIpc) is 1.87. The van der Waals surface area contributed by atoms with Crippen LogP contribution in [-0.2, 0) is 25.3 Å². The molecule has 1 aromatic heterocycles. The molecule has 0 unspecified atom stereocenters. The first-order chi connectivity index (χ1) is 3.29. The largest absolute Gasteiger partial charge is 1.00 e. The molecule has 0 aliphatic heterocycles. The quantitative estimate of drug-likeness (QED) is 0.269. The Bertz CT molecular complexity index is 153. The van der Waals surface area contributed by atoms with Gasteiger partial charge >= 0.3 is 37.7 Å². The van der Waals surface area contributed by atoms with Crippen LogP contribution in [0.2, 0.25) is 0 Å². The Balaban J connectivity index is 0. The first kappa shape index (κ1) is 12.5. The topological polar surface area (TPSA) is 38.9 Å². The fourth-order valence-electron chi connectivity index (χ4n) is 0.197. The van der Waals surface area contributed by atoms with Crippen LogP contribution in [0.25, 0.3) is 0 Å². The van der Waals surface area contributed by atoms with Crippen LogP contribution in [0.1, 0.15) is 0 Å². The molecule has 0 saturated heterocycles. The summed E-state index contributed by atoms with van der Waals surface area (Å²) < 4.78 is 4.31. The minimum atomic E-state index is 0. The number of hydrogen-bond acceptors (Lipinski definition) is 5. The molecule has 0 aliphatic rings. The van der Waals surface area contributed by atoms with Crippen molar-refractivity contribution in [3.05, 3.63) is 0 Å². The number of nitrogens with zero attached hydrogens (tertiary/aromatic N) is 2. The van der Waals surface area contributed by atoms with E-state index >= 15 is 0 Å². The van der Waals surface area contributed by atoms with Gasteiger partial charge in [0.1, 0.15) is 5.22 Å². The van der Waals surface area contributed by atoms with Crippen molar-refractivity contribution in [3.8, 4) is 0 Å². The third kappa shape index (κ3) is 4.22. The summed E-state index contributed by atoms with van der Waals surface area (Å²) in [6, 6.07) is 0. The van der Waals surface area contributed by atoms with Crippen molar-refractivity contribution in [2.45, 2.75) is 10.4 Å². The summed E-state index contributed by atoms with van der Waals surface area (Å²) in [5.74, 6) is 0. The van der Waals surface area contributed by atoms with E-state index in [4.69, 9.17) is 0 Å². The second kappa shape index (κ2) is 5.55. The van der Waals surface area contributed by atoms with Gasteiger partial charge in [-0.3, -0.25) is 0 Å². The Morgan fingerprint density at radius 3 is 1.89 bits per heavy atom. The molecule has 1 heterocycles. The third-order valence-corrected chi connectivity index (χ3v) is 0.720. The molecule has 0 aromatic carbocycles. The number of rotatable bonds is 0. The molecule has 7 heteroatoms. The second-order valence-electron chi connectivity index (χ2n) is 0.843. The second-order valence-corrected chi connectivity index (χ2v) is 1.56. The van der Waals surface area contributed by atoms with Gasteiger partial charge in [0.15, 0.2) is 0 Å². The van der Waals surface area contributed by atoms with Crippen molar-refractivity contribution < 1.29 is 42.2 Å². The first-order valence-corrected chi connectivity index (χ1v) is 2.28. The zero-order valence-electron chi connectivity index (χ0n) is 5.12. The van der Waals surface area contributed by atoms with E-state index in [2.05, 4.69) is 39.9 Å². The van der Waals surface area contributed by atoms with Crippen LogP contribution in [0.5, 0.6) is 0 Å². The van der Waals surface area contributed by atoms with E-state index in [1.807, 2.05) is 0 Å². The summed E-state index contributed by atoms with van der Waals surface area (Å²) in [5.41, 5.74) is 0. The molecule has 0 radical (unpaired) electrons. The Morgan fingerprint density at radius 2 is 1.78 bits per heavy atom. The molecule has 0 atom stereocenters. The van der Waals surface area contributed by atoms with Crippen molar-refractivity contribution in [2.75, 3.05) is 0 Å². The van der Waals surface area contributed by atoms with E-state index in [0.29, 0.717) is 0 Å². The molecule has 0 aliphatic carbocycles. The van der Waals surface area contributed by atoms with Crippen molar-refractivity contribution in [1.29, 1.82) is 0 Å². The standard InChI is InChI=1S/C2H2N2OS2.2Li/c6-1-3-2(7)5-4-1;;/h(H2,3,4,6,7);;/q;2*+1/p-2. The number of hydrogen-bond donors (Lipinski definition) is 0. The van der Waals surface area contributed by atoms with Crippen LogP contribution in [0.3, 0.4) is 0 Å². The summed E-state index contributed by atoms with van der Waals surface area (Å²) in [7, 11) is 0. The van der Waals surface area contributed by atoms with Gasteiger partial charge in [-0.25, -0.2) is 4.98 Å². The van der Waals surface area contributed by atoms with Crippen LogP contribution in [0.15, 0.2) is 14.9 Å². The summed E-state index contributed by atoms with van der Waals surface area (Å²) in [6.45, 7) is 0. The molecule has 0 amide bonds. The summed E-state index contributed by atoms with van der Waals surface area (Å²) in [6.07, 6.45) is 0. The predicted octanol–water partition coefficient (Wildman–Crippen LogP) is -6.11. The fourth-order valence-corrected chi connectivity index (χ4v) is 0.499. The van der Waals surface area contributed by atoms with Gasteiger partial charge in [0, 0.05) is 5.16 Å². The van der Waals surface area contributed by atoms with Crippen LogP contribution in [0.4, 0.5) is 0 Å². The average molecular weight is 146 g/mol. The van der Waals surface area contributed by atoms with Gasteiger partial charge in [0.25, 0.3) is 0 Å². The maximum absolute atomic E-state index is 4.45. The Morgan fingerprint density at radius 1 is 1.22 bits per heavy atom. The zero-order chi connectivity index (χ0) is 5.28. The van der Waals surface area contributed by atoms with Gasteiger partial charge < -0.3 is 29.8 Å². The molecule has 38 valence electrons. The van der Waals surface area contributed by atoms with Gasteiger partial charge in [0.05, 0.1) is 0 Å². The monoisotopic (exact) mass is 146 g/mol. The van der Waals surface area contributed by atoms with Crippen LogP contribution >= 0.6 is 0 Å². The molecular formula is C2Li2N2OS2. The van der Waals surface area contributed by atoms with Crippen molar-refractivity contribution in [2.24, 2.45) is 0 Å². The fraction of sp³-hybridized carbons (Fsp3) is 0. The van der Waals surface area contributed by atoms with E-state index in [9.17, 15) is 0 Å². The molecule has 1 rings (SSSR count). The molecule has 3 nitrogen and oxygen atoms in total. The SMILES string of the molecule is [Li+].[Li+].[S-]c1noc([S-])n1. The first-order valence-electron chi connectivity index (χ1n) is 1.47. The summed E-state index contributed by atoms with van der Waals surface area (Å²) in [4.78, 5) is 3.46. The zero-order valence-corrected chi connectivity index (χ0v) is 6.75. The molecular weight excluding hydrogens is 146 g/mol. The van der Waals surface area contributed by atoms with E-state index in [-0.39, 0.29) is 48.1 Å². The molecule has 1 aromatic rings. The van der Waals surface area contributed by atoms with E-state index < -0.39 is 0 Å². The van der Waals surface area contributed by atoms with Gasteiger partial charge in [-0.1, -0.05) is 5.16 Å². The van der Waals surface area contributed by atoms with E-state index in [1.165, 1.54) is 0 Å². The van der Waals surface area contributed by atoms with Gasteiger partial charge in [0.2, 0.25) is 0 Å². The third-order valence-electron chi connectivity index (χ3n) is 0.389. The summed E-state index contributed by atoms with van der Waals surface area (Å²) in [5, 5.41) is 3.51. The van der Waals surface area contributed by atoms with Gasteiger partial charge in [-0.15, -0.1) is 0 Å². The van der Waals surface area contributed by atoms with Gasteiger partial charge in [-0.05, 0) is 0 Å². The van der Waals surface area contributed by atoms with Crippen molar-refractivity contribution in [1.82, 2.24) is 10.1 Å². The smallest absolute Gasteiger partial charge is 0.737 e. The Hall–Kier alpha value is 0.775. The minimum absolute atomic E-state index is 0. The normalized spacial score (nSPS) is 7.11. The van der Waals surface area contributed by atoms with E-state index in [0.717, 1.165) is 0 Å². The molecule has 0 fully saturated rings. The molecule has 9 heavy (non-hydrogen) atoms.